The van der Waals surface area contributed by atoms with Gasteiger partial charge < -0.3 is 5.32 Å². The van der Waals surface area contributed by atoms with E-state index in [0.29, 0.717) is 5.56 Å². The van der Waals surface area contributed by atoms with E-state index in [0.717, 1.165) is 24.3 Å². The Kier molecular flexibility index (Phi) is 5.79. The number of hydrogen-bond donors (Lipinski definition) is 1. The minimum Gasteiger partial charge on any atom is -0.350 e. The van der Waals surface area contributed by atoms with Crippen LogP contribution >= 0.6 is 0 Å². The normalized spacial score (nSPS) is 12.4. The summed E-state index contributed by atoms with van der Waals surface area (Å²) in [7, 11) is -3.94. The zero-order valence-corrected chi connectivity index (χ0v) is 15.4. The Morgan fingerprint density at radius 2 is 1.57 bits per heavy atom. The molecule has 0 aliphatic heterocycles. The molecule has 3 rings (SSSR count). The van der Waals surface area contributed by atoms with Gasteiger partial charge in [0.25, 0.3) is 5.91 Å². The van der Waals surface area contributed by atoms with Crippen LogP contribution in [0.4, 0.5) is 8.78 Å². The quantitative estimate of drug-likeness (QED) is 0.642. The van der Waals surface area contributed by atoms with Crippen molar-refractivity contribution in [2.45, 2.75) is 10.1 Å². The second-order valence-electron chi connectivity index (χ2n) is 5.99. The second-order valence-corrected chi connectivity index (χ2v) is 8.12. The molecule has 0 saturated heterocycles. The Morgan fingerprint density at radius 1 is 0.964 bits per heavy atom. The fourth-order valence-electron chi connectivity index (χ4n) is 2.65. The van der Waals surface area contributed by atoms with E-state index in [1.54, 1.807) is 12.1 Å². The van der Waals surface area contributed by atoms with Gasteiger partial charge in [-0.2, -0.15) is 0 Å². The summed E-state index contributed by atoms with van der Waals surface area (Å²) in [6.45, 7) is -0.235. The molecule has 0 unspecified atom stereocenters. The Bertz CT molecular complexity index is 1050. The van der Waals surface area contributed by atoms with Gasteiger partial charge >= 0.3 is 0 Å². The lowest BCUT2D eigenvalue weighted by molar-refractivity contribution is 0.0953. The molecule has 1 aromatic heterocycles. The first-order valence-corrected chi connectivity index (χ1v) is 9.86. The second kappa shape index (κ2) is 8.26. The molecule has 1 heterocycles. The van der Waals surface area contributed by atoms with E-state index in [1.165, 1.54) is 36.7 Å². The fraction of sp³-hybridized carbons (Fsp3) is 0.100. The molecule has 0 aliphatic rings. The largest absolute Gasteiger partial charge is 0.350 e. The Morgan fingerprint density at radius 3 is 2.14 bits per heavy atom. The van der Waals surface area contributed by atoms with Crippen molar-refractivity contribution in [3.63, 3.8) is 0 Å². The van der Waals surface area contributed by atoms with Gasteiger partial charge in [0, 0.05) is 24.5 Å². The van der Waals surface area contributed by atoms with Crippen molar-refractivity contribution in [2.75, 3.05) is 6.54 Å². The van der Waals surface area contributed by atoms with E-state index in [2.05, 4.69) is 10.3 Å². The summed E-state index contributed by atoms with van der Waals surface area (Å²) >= 11 is 0. The third-order valence-corrected chi connectivity index (χ3v) is 6.24. The first kappa shape index (κ1) is 19.6. The molecule has 2 aromatic carbocycles. The molecule has 1 N–H and O–H groups in total. The van der Waals surface area contributed by atoms with E-state index in [1.807, 2.05) is 0 Å². The SMILES string of the molecule is O=C(NC[C@H](c1cccnc1)S(=O)(=O)c1ccc(F)cc1)c1ccc(F)cc1. The number of benzene rings is 2. The summed E-state index contributed by atoms with van der Waals surface area (Å²) in [5, 5.41) is 1.43. The molecule has 0 saturated carbocycles. The van der Waals surface area contributed by atoms with Crippen molar-refractivity contribution in [2.24, 2.45) is 0 Å². The highest BCUT2D eigenvalue weighted by atomic mass is 32.2. The van der Waals surface area contributed by atoms with Crippen LogP contribution in [0, 0.1) is 11.6 Å². The minimum absolute atomic E-state index is 0.0706. The highest BCUT2D eigenvalue weighted by molar-refractivity contribution is 7.91. The summed E-state index contributed by atoms with van der Waals surface area (Å²) in [5.74, 6) is -1.58. The number of carbonyl (C=O) groups excluding carboxylic acids is 1. The number of hydrogen-bond acceptors (Lipinski definition) is 4. The number of amides is 1. The topological polar surface area (TPSA) is 76.1 Å². The third-order valence-electron chi connectivity index (χ3n) is 4.13. The lowest BCUT2D eigenvalue weighted by Gasteiger charge is -2.19. The van der Waals surface area contributed by atoms with Crippen molar-refractivity contribution in [1.82, 2.24) is 10.3 Å². The van der Waals surface area contributed by atoms with Crippen LogP contribution in [-0.4, -0.2) is 25.9 Å². The molecular weight excluding hydrogens is 386 g/mol. The van der Waals surface area contributed by atoms with Crippen LogP contribution in [0.25, 0.3) is 0 Å². The van der Waals surface area contributed by atoms with Crippen LogP contribution in [0.3, 0.4) is 0 Å². The lowest BCUT2D eigenvalue weighted by Crippen LogP contribution is -2.32. The average molecular weight is 402 g/mol. The first-order valence-electron chi connectivity index (χ1n) is 8.31. The van der Waals surface area contributed by atoms with Crippen LogP contribution in [0.15, 0.2) is 78.0 Å². The highest BCUT2D eigenvalue weighted by Crippen LogP contribution is 2.28. The van der Waals surface area contributed by atoms with Gasteiger partial charge in [-0.05, 0) is 60.2 Å². The number of pyridine rings is 1. The first-order chi connectivity index (χ1) is 13.4. The van der Waals surface area contributed by atoms with Gasteiger partial charge in [0.05, 0.1) is 4.90 Å². The van der Waals surface area contributed by atoms with Crippen LogP contribution in [0.5, 0.6) is 0 Å². The minimum atomic E-state index is -3.94. The van der Waals surface area contributed by atoms with E-state index in [-0.39, 0.29) is 17.0 Å². The maximum Gasteiger partial charge on any atom is 0.251 e. The number of carbonyl (C=O) groups is 1. The summed E-state index contributed by atoms with van der Waals surface area (Å²) in [6, 6.07) is 12.5. The zero-order valence-electron chi connectivity index (χ0n) is 14.5. The molecular formula is C20H16F2N2O3S. The summed E-state index contributed by atoms with van der Waals surface area (Å²) in [4.78, 5) is 16.2. The zero-order chi connectivity index (χ0) is 20.1. The van der Waals surface area contributed by atoms with Gasteiger partial charge in [0.15, 0.2) is 9.84 Å². The number of sulfone groups is 1. The summed E-state index contributed by atoms with van der Waals surface area (Å²) < 4.78 is 52.4. The van der Waals surface area contributed by atoms with E-state index >= 15 is 0 Å². The number of halogens is 2. The van der Waals surface area contributed by atoms with Gasteiger partial charge in [-0.1, -0.05) is 6.07 Å². The van der Waals surface area contributed by atoms with E-state index in [9.17, 15) is 22.0 Å². The van der Waals surface area contributed by atoms with Gasteiger partial charge in [-0.25, -0.2) is 17.2 Å². The number of aromatic nitrogens is 1. The molecule has 1 amide bonds. The standard InChI is InChI=1S/C20H16F2N2O3S/c21-16-5-3-14(4-6-16)20(25)24-13-19(15-2-1-11-23-12-15)28(26,27)18-9-7-17(22)8-10-18/h1-12,19H,13H2,(H,24,25)/t19-/m1/s1. The third kappa shape index (κ3) is 4.40. The van der Waals surface area contributed by atoms with E-state index in [4.69, 9.17) is 0 Å². The number of nitrogens with one attached hydrogen (secondary N) is 1. The lowest BCUT2D eigenvalue weighted by atomic mass is 10.2. The van der Waals surface area contributed by atoms with Gasteiger partial charge in [-0.3, -0.25) is 9.78 Å². The monoisotopic (exact) mass is 402 g/mol. The molecule has 0 spiro atoms. The predicted octanol–water partition coefficient (Wildman–Crippen LogP) is 3.30. The van der Waals surface area contributed by atoms with Gasteiger partial charge in [0.2, 0.25) is 0 Å². The number of nitrogens with zero attached hydrogens (tertiary/aromatic N) is 1. The predicted molar refractivity (Wildman–Crippen MR) is 99.3 cm³/mol. The van der Waals surface area contributed by atoms with Crippen LogP contribution in [0.2, 0.25) is 0 Å². The molecule has 0 radical (unpaired) electrons. The summed E-state index contributed by atoms with van der Waals surface area (Å²) in [5.41, 5.74) is 0.580. The molecule has 5 nitrogen and oxygen atoms in total. The Balaban J connectivity index is 1.88. The van der Waals surface area contributed by atoms with Gasteiger partial charge in [0.1, 0.15) is 16.9 Å². The van der Waals surface area contributed by atoms with Crippen molar-refractivity contribution in [3.05, 3.63) is 95.8 Å². The maximum atomic E-state index is 13.2. The van der Waals surface area contributed by atoms with Crippen molar-refractivity contribution < 1.29 is 22.0 Å². The molecule has 0 bridgehead atoms. The molecule has 144 valence electrons. The average Bonchev–Trinajstić information content (AvgIpc) is 2.69. The highest BCUT2D eigenvalue weighted by Gasteiger charge is 2.30. The molecule has 28 heavy (non-hydrogen) atoms. The molecule has 3 aromatic rings. The van der Waals surface area contributed by atoms with Crippen LogP contribution in [-0.2, 0) is 9.84 Å². The molecule has 1 atom stereocenters. The Hall–Kier alpha value is -3.13. The Labute approximate surface area is 161 Å². The van der Waals surface area contributed by atoms with Crippen molar-refractivity contribution in [3.8, 4) is 0 Å². The van der Waals surface area contributed by atoms with Crippen molar-refractivity contribution in [1.29, 1.82) is 0 Å². The van der Waals surface area contributed by atoms with Crippen molar-refractivity contribution >= 4 is 15.7 Å². The van der Waals surface area contributed by atoms with E-state index < -0.39 is 32.6 Å². The maximum absolute atomic E-state index is 13.2. The number of rotatable bonds is 6. The summed E-state index contributed by atoms with van der Waals surface area (Å²) in [6.07, 6.45) is 2.90. The van der Waals surface area contributed by atoms with Gasteiger partial charge in [-0.15, -0.1) is 0 Å². The van der Waals surface area contributed by atoms with Crippen LogP contribution < -0.4 is 5.32 Å². The molecule has 0 aliphatic carbocycles. The molecule has 8 heteroatoms. The van der Waals surface area contributed by atoms with Crippen LogP contribution in [0.1, 0.15) is 21.2 Å². The molecule has 0 fully saturated rings. The smallest absolute Gasteiger partial charge is 0.251 e. The fourth-order valence-corrected chi connectivity index (χ4v) is 4.29.